The molecule has 0 radical (unpaired) electrons. The molecule has 0 saturated heterocycles. The molecule has 0 atom stereocenters. The molecule has 0 aromatic rings. The van der Waals surface area contributed by atoms with E-state index in [1.807, 2.05) is 20.8 Å². The summed E-state index contributed by atoms with van der Waals surface area (Å²) in [7, 11) is 0. The standard InChI is InChI=1S/C11H22O3/c1-11(2,3)9-10(13)14-8-6-4-5-7-12/h12H,4-9H2,1-3H3. The molecule has 0 aliphatic carbocycles. The normalized spacial score (nSPS) is 11.4. The van der Waals surface area contributed by atoms with Gasteiger partial charge in [0.2, 0.25) is 0 Å². The molecule has 0 aromatic carbocycles. The summed E-state index contributed by atoms with van der Waals surface area (Å²) < 4.78 is 5.04. The zero-order chi connectivity index (χ0) is 11.0. The lowest BCUT2D eigenvalue weighted by Gasteiger charge is -2.16. The van der Waals surface area contributed by atoms with Crippen LogP contribution in [0.25, 0.3) is 0 Å². The van der Waals surface area contributed by atoms with Crippen LogP contribution in [0.5, 0.6) is 0 Å². The summed E-state index contributed by atoms with van der Waals surface area (Å²) in [6.07, 6.45) is 3.01. The highest BCUT2D eigenvalue weighted by atomic mass is 16.5. The van der Waals surface area contributed by atoms with E-state index in [1.165, 1.54) is 0 Å². The van der Waals surface area contributed by atoms with Gasteiger partial charge in [0, 0.05) is 6.61 Å². The molecule has 3 nitrogen and oxygen atoms in total. The molecule has 0 aliphatic rings. The third kappa shape index (κ3) is 9.52. The topological polar surface area (TPSA) is 46.5 Å². The molecule has 0 aliphatic heterocycles. The van der Waals surface area contributed by atoms with Crippen LogP contribution in [0.2, 0.25) is 0 Å². The lowest BCUT2D eigenvalue weighted by molar-refractivity contribution is -0.145. The molecule has 0 amide bonds. The van der Waals surface area contributed by atoms with E-state index in [0.717, 1.165) is 19.3 Å². The number of carbonyl (C=O) groups excluding carboxylic acids is 1. The minimum absolute atomic E-state index is 0.00216. The lowest BCUT2D eigenvalue weighted by atomic mass is 9.92. The number of aliphatic hydroxyl groups is 1. The van der Waals surface area contributed by atoms with Crippen LogP contribution in [0.3, 0.4) is 0 Å². The van der Waals surface area contributed by atoms with E-state index in [9.17, 15) is 4.79 Å². The van der Waals surface area contributed by atoms with Crippen molar-refractivity contribution in [3.05, 3.63) is 0 Å². The molecule has 0 aromatic heterocycles. The summed E-state index contributed by atoms with van der Waals surface area (Å²) in [5.74, 6) is -0.124. The number of unbranched alkanes of at least 4 members (excludes halogenated alkanes) is 2. The van der Waals surface area contributed by atoms with E-state index in [0.29, 0.717) is 13.0 Å². The van der Waals surface area contributed by atoms with Crippen LogP contribution in [0.1, 0.15) is 46.5 Å². The Kier molecular flexibility index (Phi) is 6.54. The average Bonchev–Trinajstić information content (AvgIpc) is 2.00. The molecule has 1 N–H and O–H groups in total. The van der Waals surface area contributed by atoms with Crippen LogP contribution in [-0.2, 0) is 9.53 Å². The number of aliphatic hydroxyl groups excluding tert-OH is 1. The minimum Gasteiger partial charge on any atom is -0.466 e. The van der Waals surface area contributed by atoms with Gasteiger partial charge < -0.3 is 9.84 Å². The van der Waals surface area contributed by atoms with E-state index in [2.05, 4.69) is 0 Å². The first-order chi connectivity index (χ1) is 6.45. The first-order valence-electron chi connectivity index (χ1n) is 5.22. The Bertz CT molecular complexity index is 158. The van der Waals surface area contributed by atoms with Crippen LogP contribution >= 0.6 is 0 Å². The number of rotatable bonds is 6. The maximum Gasteiger partial charge on any atom is 0.306 e. The SMILES string of the molecule is CC(C)(C)CC(=O)OCCCCCO. The van der Waals surface area contributed by atoms with E-state index < -0.39 is 0 Å². The average molecular weight is 202 g/mol. The summed E-state index contributed by atoms with van der Waals surface area (Å²) >= 11 is 0. The van der Waals surface area contributed by atoms with Crippen molar-refractivity contribution in [3.8, 4) is 0 Å². The van der Waals surface area contributed by atoms with Gasteiger partial charge in [-0.05, 0) is 24.7 Å². The van der Waals surface area contributed by atoms with Gasteiger partial charge in [0.1, 0.15) is 0 Å². The molecule has 0 bridgehead atoms. The summed E-state index contributed by atoms with van der Waals surface area (Å²) in [6.45, 7) is 6.74. The fourth-order valence-corrected chi connectivity index (χ4v) is 1.06. The smallest absolute Gasteiger partial charge is 0.306 e. The van der Waals surface area contributed by atoms with Crippen LogP contribution in [-0.4, -0.2) is 24.3 Å². The third-order valence-corrected chi connectivity index (χ3v) is 1.74. The van der Waals surface area contributed by atoms with Crippen molar-refractivity contribution in [2.45, 2.75) is 46.5 Å². The second kappa shape index (κ2) is 6.82. The Morgan fingerprint density at radius 1 is 1.21 bits per heavy atom. The van der Waals surface area contributed by atoms with Crippen LogP contribution in [0.4, 0.5) is 0 Å². The van der Waals surface area contributed by atoms with Crippen LogP contribution in [0.15, 0.2) is 0 Å². The molecule has 0 spiro atoms. The van der Waals surface area contributed by atoms with Gasteiger partial charge in [-0.15, -0.1) is 0 Å². The first-order valence-corrected chi connectivity index (χ1v) is 5.22. The second-order valence-corrected chi connectivity index (χ2v) is 4.74. The molecule has 14 heavy (non-hydrogen) atoms. The first kappa shape index (κ1) is 13.4. The highest BCUT2D eigenvalue weighted by molar-refractivity contribution is 5.70. The van der Waals surface area contributed by atoms with E-state index in [-0.39, 0.29) is 18.0 Å². The molecule has 0 heterocycles. The Labute approximate surface area is 86.5 Å². The third-order valence-electron chi connectivity index (χ3n) is 1.74. The van der Waals surface area contributed by atoms with E-state index in [4.69, 9.17) is 9.84 Å². The maximum absolute atomic E-state index is 11.2. The molecule has 0 unspecified atom stereocenters. The highest BCUT2D eigenvalue weighted by Gasteiger charge is 2.16. The second-order valence-electron chi connectivity index (χ2n) is 4.74. The fraction of sp³-hybridized carbons (Fsp3) is 0.909. The predicted molar refractivity (Wildman–Crippen MR) is 56.0 cm³/mol. The molecule has 3 heteroatoms. The summed E-state index contributed by atoms with van der Waals surface area (Å²) in [6, 6.07) is 0. The van der Waals surface area contributed by atoms with E-state index >= 15 is 0 Å². The molecular weight excluding hydrogens is 180 g/mol. The van der Waals surface area contributed by atoms with Gasteiger partial charge in [-0.2, -0.15) is 0 Å². The van der Waals surface area contributed by atoms with Gasteiger partial charge in [-0.1, -0.05) is 20.8 Å². The number of carbonyl (C=O) groups is 1. The van der Waals surface area contributed by atoms with Crippen molar-refractivity contribution in [1.29, 1.82) is 0 Å². The van der Waals surface area contributed by atoms with Crippen molar-refractivity contribution in [1.82, 2.24) is 0 Å². The number of ether oxygens (including phenoxy) is 1. The van der Waals surface area contributed by atoms with Crippen molar-refractivity contribution in [3.63, 3.8) is 0 Å². The summed E-state index contributed by atoms with van der Waals surface area (Å²) in [4.78, 5) is 11.2. The Morgan fingerprint density at radius 2 is 1.86 bits per heavy atom. The zero-order valence-corrected chi connectivity index (χ0v) is 9.51. The zero-order valence-electron chi connectivity index (χ0n) is 9.51. The Morgan fingerprint density at radius 3 is 2.36 bits per heavy atom. The molecule has 0 rings (SSSR count). The monoisotopic (exact) mass is 202 g/mol. The van der Waals surface area contributed by atoms with Gasteiger partial charge in [0.05, 0.1) is 13.0 Å². The van der Waals surface area contributed by atoms with Crippen molar-refractivity contribution >= 4 is 5.97 Å². The van der Waals surface area contributed by atoms with Gasteiger partial charge in [-0.3, -0.25) is 4.79 Å². The Hall–Kier alpha value is -0.570. The highest BCUT2D eigenvalue weighted by Crippen LogP contribution is 2.18. The van der Waals surface area contributed by atoms with Crippen molar-refractivity contribution in [2.75, 3.05) is 13.2 Å². The van der Waals surface area contributed by atoms with Crippen molar-refractivity contribution in [2.24, 2.45) is 5.41 Å². The van der Waals surface area contributed by atoms with Gasteiger partial charge in [0.15, 0.2) is 0 Å². The number of esters is 1. The van der Waals surface area contributed by atoms with Crippen LogP contribution in [0, 0.1) is 5.41 Å². The maximum atomic E-state index is 11.2. The molecular formula is C11H22O3. The molecule has 0 fully saturated rings. The molecule has 84 valence electrons. The van der Waals surface area contributed by atoms with Crippen molar-refractivity contribution < 1.29 is 14.6 Å². The predicted octanol–water partition coefficient (Wildman–Crippen LogP) is 2.13. The quantitative estimate of drug-likeness (QED) is 0.530. The Balaban J connectivity index is 3.36. The largest absolute Gasteiger partial charge is 0.466 e. The van der Waals surface area contributed by atoms with Gasteiger partial charge in [0.25, 0.3) is 0 Å². The summed E-state index contributed by atoms with van der Waals surface area (Å²) in [5.41, 5.74) is 0.00216. The van der Waals surface area contributed by atoms with Gasteiger partial charge in [-0.25, -0.2) is 0 Å². The summed E-state index contributed by atoms with van der Waals surface area (Å²) in [5, 5.41) is 8.52. The van der Waals surface area contributed by atoms with Gasteiger partial charge >= 0.3 is 5.97 Å². The molecule has 0 saturated carbocycles. The fourth-order valence-electron chi connectivity index (χ4n) is 1.06. The number of hydrogen-bond donors (Lipinski definition) is 1. The van der Waals surface area contributed by atoms with E-state index in [1.54, 1.807) is 0 Å². The lowest BCUT2D eigenvalue weighted by Crippen LogP contribution is -2.15. The van der Waals surface area contributed by atoms with Crippen LogP contribution < -0.4 is 0 Å². The minimum atomic E-state index is -0.124. The number of hydrogen-bond acceptors (Lipinski definition) is 3.